The van der Waals surface area contributed by atoms with Crippen molar-refractivity contribution in [1.82, 2.24) is 9.21 Å². The van der Waals surface area contributed by atoms with Crippen LogP contribution in [0.25, 0.3) is 0 Å². The summed E-state index contributed by atoms with van der Waals surface area (Å²) in [4.78, 5) is 15.1. The third-order valence-electron chi connectivity index (χ3n) is 6.60. The summed E-state index contributed by atoms with van der Waals surface area (Å²) in [5.41, 5.74) is 2.43. The number of fused-ring (bicyclic) bond motifs is 1. The van der Waals surface area contributed by atoms with Crippen molar-refractivity contribution in [3.05, 3.63) is 29.3 Å². The molecule has 2 saturated heterocycles. The topological polar surface area (TPSA) is 77.9 Å². The maximum atomic E-state index is 13.0. The second kappa shape index (κ2) is 8.13. The van der Waals surface area contributed by atoms with Gasteiger partial charge in [-0.15, -0.1) is 0 Å². The standard InChI is InChI=1S/C21H30N2O4S/c24-15-16-3-2-10-22(14-16)21(25)18-8-11-23(12-9-18)28(26,27)20-7-6-17-4-1-5-19(17)13-20/h6-7,13,16,18,24H,1-5,8-12,14-15H2. The summed E-state index contributed by atoms with van der Waals surface area (Å²) in [6, 6.07) is 5.54. The van der Waals surface area contributed by atoms with Crippen molar-refractivity contribution < 1.29 is 18.3 Å². The molecule has 2 fully saturated rings. The molecule has 1 amide bonds. The van der Waals surface area contributed by atoms with E-state index in [4.69, 9.17) is 0 Å². The van der Waals surface area contributed by atoms with Crippen LogP contribution in [0.2, 0.25) is 0 Å². The van der Waals surface area contributed by atoms with E-state index >= 15 is 0 Å². The molecule has 4 rings (SSSR count). The molecule has 1 aromatic rings. The van der Waals surface area contributed by atoms with Crippen molar-refractivity contribution >= 4 is 15.9 Å². The lowest BCUT2D eigenvalue weighted by atomic mass is 9.93. The van der Waals surface area contributed by atoms with E-state index in [0.29, 0.717) is 37.4 Å². The Balaban J connectivity index is 1.39. The van der Waals surface area contributed by atoms with Crippen LogP contribution in [0.5, 0.6) is 0 Å². The summed E-state index contributed by atoms with van der Waals surface area (Å²) in [5.74, 6) is 0.203. The van der Waals surface area contributed by atoms with Gasteiger partial charge in [-0.05, 0) is 74.1 Å². The number of sulfonamides is 1. The molecule has 1 aromatic carbocycles. The monoisotopic (exact) mass is 406 g/mol. The normalized spacial score (nSPS) is 24.3. The lowest BCUT2D eigenvalue weighted by Gasteiger charge is -2.37. The summed E-state index contributed by atoms with van der Waals surface area (Å²) in [7, 11) is -3.49. The van der Waals surface area contributed by atoms with Crippen LogP contribution in [0, 0.1) is 11.8 Å². The SMILES string of the molecule is O=C(C1CCN(S(=O)(=O)c2ccc3c(c2)CCC3)CC1)N1CCCC(CO)C1. The number of aliphatic hydroxyl groups is 1. The van der Waals surface area contributed by atoms with Gasteiger partial charge >= 0.3 is 0 Å². The number of amides is 1. The zero-order valence-corrected chi connectivity index (χ0v) is 17.2. The average Bonchev–Trinajstić information content (AvgIpc) is 3.21. The molecule has 6 nitrogen and oxygen atoms in total. The van der Waals surface area contributed by atoms with Crippen molar-refractivity contribution in [3.8, 4) is 0 Å². The van der Waals surface area contributed by atoms with E-state index in [-0.39, 0.29) is 24.3 Å². The number of hydrogen-bond donors (Lipinski definition) is 1. The lowest BCUT2D eigenvalue weighted by Crippen LogP contribution is -2.47. The van der Waals surface area contributed by atoms with Crippen molar-refractivity contribution in [2.75, 3.05) is 32.8 Å². The molecular weight excluding hydrogens is 376 g/mol. The smallest absolute Gasteiger partial charge is 0.243 e. The molecule has 0 bridgehead atoms. The van der Waals surface area contributed by atoms with Crippen LogP contribution >= 0.6 is 0 Å². The number of likely N-dealkylation sites (tertiary alicyclic amines) is 1. The molecule has 1 aliphatic carbocycles. The van der Waals surface area contributed by atoms with Crippen molar-refractivity contribution in [1.29, 1.82) is 0 Å². The minimum absolute atomic E-state index is 0.107. The Kier molecular flexibility index (Phi) is 5.76. The molecule has 3 aliphatic rings. The number of hydrogen-bond acceptors (Lipinski definition) is 4. The third kappa shape index (κ3) is 3.84. The van der Waals surface area contributed by atoms with Gasteiger partial charge in [-0.3, -0.25) is 4.79 Å². The zero-order valence-electron chi connectivity index (χ0n) is 16.3. The summed E-state index contributed by atoms with van der Waals surface area (Å²) < 4.78 is 27.6. The Morgan fingerprint density at radius 1 is 1.04 bits per heavy atom. The van der Waals surface area contributed by atoms with Gasteiger partial charge in [-0.2, -0.15) is 4.31 Å². The number of aliphatic hydroxyl groups excluding tert-OH is 1. The van der Waals surface area contributed by atoms with Gasteiger partial charge in [0.15, 0.2) is 0 Å². The van der Waals surface area contributed by atoms with Gasteiger partial charge in [0.05, 0.1) is 4.90 Å². The van der Waals surface area contributed by atoms with Crippen LogP contribution < -0.4 is 0 Å². The molecule has 2 aliphatic heterocycles. The molecule has 154 valence electrons. The molecule has 28 heavy (non-hydrogen) atoms. The molecule has 0 aromatic heterocycles. The second-order valence-corrected chi connectivity index (χ2v) is 10.4. The minimum atomic E-state index is -3.49. The van der Waals surface area contributed by atoms with Crippen molar-refractivity contribution in [3.63, 3.8) is 0 Å². The fourth-order valence-electron chi connectivity index (χ4n) is 4.87. The minimum Gasteiger partial charge on any atom is -0.396 e. The molecule has 2 heterocycles. The second-order valence-electron chi connectivity index (χ2n) is 8.44. The summed E-state index contributed by atoms with van der Waals surface area (Å²) in [5, 5.41) is 9.38. The number of nitrogens with zero attached hydrogens (tertiary/aromatic N) is 2. The Hall–Kier alpha value is -1.44. The Morgan fingerprint density at radius 3 is 2.54 bits per heavy atom. The number of carbonyl (C=O) groups excluding carboxylic acids is 1. The highest BCUT2D eigenvalue weighted by Crippen LogP contribution is 2.29. The van der Waals surface area contributed by atoms with Gasteiger partial charge in [0.2, 0.25) is 15.9 Å². The van der Waals surface area contributed by atoms with Gasteiger partial charge in [0.25, 0.3) is 0 Å². The average molecular weight is 407 g/mol. The third-order valence-corrected chi connectivity index (χ3v) is 8.49. The Bertz CT molecular complexity index is 831. The first-order chi connectivity index (χ1) is 13.5. The van der Waals surface area contributed by atoms with E-state index in [1.807, 2.05) is 17.0 Å². The van der Waals surface area contributed by atoms with Crippen LogP contribution in [0.1, 0.15) is 43.2 Å². The number of carbonyl (C=O) groups is 1. The summed E-state index contributed by atoms with van der Waals surface area (Å²) in [6.07, 6.45) is 6.14. The molecular formula is C21H30N2O4S. The summed E-state index contributed by atoms with van der Waals surface area (Å²) >= 11 is 0. The molecule has 0 spiro atoms. The van der Waals surface area contributed by atoms with Gasteiger partial charge in [-0.1, -0.05) is 6.07 Å². The molecule has 7 heteroatoms. The van der Waals surface area contributed by atoms with Gasteiger partial charge in [0, 0.05) is 38.7 Å². The highest BCUT2D eigenvalue weighted by atomic mass is 32.2. The van der Waals surface area contributed by atoms with E-state index in [1.165, 1.54) is 5.56 Å². The number of benzene rings is 1. The first kappa shape index (κ1) is 19.9. The van der Waals surface area contributed by atoms with E-state index in [0.717, 1.165) is 44.2 Å². The molecule has 0 saturated carbocycles. The maximum absolute atomic E-state index is 13.0. The quantitative estimate of drug-likeness (QED) is 0.827. The molecule has 1 unspecified atom stereocenters. The predicted octanol–water partition coefficient (Wildman–Crippen LogP) is 1.81. The molecule has 1 atom stereocenters. The first-order valence-electron chi connectivity index (χ1n) is 10.5. The van der Waals surface area contributed by atoms with Gasteiger partial charge in [-0.25, -0.2) is 8.42 Å². The van der Waals surface area contributed by atoms with Crippen LogP contribution in [0.4, 0.5) is 0 Å². The number of aryl methyl sites for hydroxylation is 2. The largest absolute Gasteiger partial charge is 0.396 e. The fraction of sp³-hybridized carbons (Fsp3) is 0.667. The van der Waals surface area contributed by atoms with Gasteiger partial charge < -0.3 is 10.0 Å². The van der Waals surface area contributed by atoms with Crippen molar-refractivity contribution in [2.24, 2.45) is 11.8 Å². The van der Waals surface area contributed by atoms with E-state index in [9.17, 15) is 18.3 Å². The molecule has 1 N–H and O–H groups in total. The maximum Gasteiger partial charge on any atom is 0.243 e. The van der Waals surface area contributed by atoms with E-state index < -0.39 is 10.0 Å². The van der Waals surface area contributed by atoms with E-state index in [2.05, 4.69) is 0 Å². The lowest BCUT2D eigenvalue weighted by molar-refractivity contribution is -0.138. The predicted molar refractivity (Wildman–Crippen MR) is 106 cm³/mol. The zero-order chi connectivity index (χ0) is 19.7. The van der Waals surface area contributed by atoms with Crippen LogP contribution in [-0.2, 0) is 27.7 Å². The summed E-state index contributed by atoms with van der Waals surface area (Å²) in [6.45, 7) is 2.30. The van der Waals surface area contributed by atoms with E-state index in [1.54, 1.807) is 10.4 Å². The Morgan fingerprint density at radius 2 is 1.79 bits per heavy atom. The van der Waals surface area contributed by atoms with Gasteiger partial charge in [0.1, 0.15) is 0 Å². The van der Waals surface area contributed by atoms with Crippen molar-refractivity contribution in [2.45, 2.75) is 49.8 Å². The fourth-order valence-corrected chi connectivity index (χ4v) is 6.39. The van der Waals surface area contributed by atoms with Crippen LogP contribution in [0.15, 0.2) is 23.1 Å². The highest BCUT2D eigenvalue weighted by Gasteiger charge is 2.35. The Labute approximate surface area is 167 Å². The number of piperidine rings is 2. The highest BCUT2D eigenvalue weighted by molar-refractivity contribution is 7.89. The van der Waals surface area contributed by atoms with Crippen LogP contribution in [0.3, 0.4) is 0 Å². The first-order valence-corrected chi connectivity index (χ1v) is 11.9. The van der Waals surface area contributed by atoms with Crippen LogP contribution in [-0.4, -0.2) is 61.4 Å². The number of rotatable bonds is 4. The molecule has 0 radical (unpaired) electrons.